The number of fused-ring (bicyclic) bond motifs is 1. The molecule has 7 heteroatoms. The van der Waals surface area contributed by atoms with Gasteiger partial charge in [0.05, 0.1) is 6.42 Å². The Labute approximate surface area is 138 Å². The molecule has 120 valence electrons. The highest BCUT2D eigenvalue weighted by Crippen LogP contribution is 2.39. The van der Waals surface area contributed by atoms with Gasteiger partial charge in [-0.25, -0.2) is 0 Å². The van der Waals surface area contributed by atoms with Gasteiger partial charge >= 0.3 is 0 Å². The molecular formula is C16H17N3O3S. The first-order valence-corrected chi connectivity index (χ1v) is 8.31. The number of nitrogens with zero attached hydrogens (tertiary/aromatic N) is 1. The van der Waals surface area contributed by atoms with Crippen LogP contribution in [-0.2, 0) is 20.8 Å². The molecule has 3 amide bonds. The van der Waals surface area contributed by atoms with Crippen LogP contribution in [0, 0.1) is 0 Å². The zero-order valence-corrected chi connectivity index (χ0v) is 13.4. The van der Waals surface area contributed by atoms with Crippen molar-refractivity contribution in [2.75, 3.05) is 5.75 Å². The summed E-state index contributed by atoms with van der Waals surface area (Å²) >= 11 is 1.53. The van der Waals surface area contributed by atoms with Gasteiger partial charge in [0, 0.05) is 5.75 Å². The molecule has 1 aromatic rings. The van der Waals surface area contributed by atoms with E-state index >= 15 is 0 Å². The summed E-state index contributed by atoms with van der Waals surface area (Å²) in [5.41, 5.74) is 7.32. The summed E-state index contributed by atoms with van der Waals surface area (Å²) in [5.74, 6) is -0.466. The number of hydrogen-bond donors (Lipinski definition) is 2. The standard InChI is InChI=1S/C16H17N3O3S/c1-9-8-23-16-12(15(22)19(16)13(9)14(17)21)18-11(20)7-10-5-3-2-4-6-10/h2-6,12,16H,7-8H2,1H3,(H2,17,21)(H,18,20)/t12-,16?/m1/s1. The van der Waals surface area contributed by atoms with E-state index in [1.54, 1.807) is 6.92 Å². The zero-order chi connectivity index (χ0) is 16.6. The number of hydrogen-bond acceptors (Lipinski definition) is 4. The molecule has 1 aromatic carbocycles. The largest absolute Gasteiger partial charge is 0.364 e. The van der Waals surface area contributed by atoms with E-state index in [1.165, 1.54) is 16.7 Å². The summed E-state index contributed by atoms with van der Waals surface area (Å²) in [5, 5.41) is 2.51. The number of thioether (sulfide) groups is 1. The second kappa shape index (κ2) is 6.08. The normalized spacial score (nSPS) is 23.2. The van der Waals surface area contributed by atoms with Gasteiger partial charge in [0.1, 0.15) is 17.1 Å². The van der Waals surface area contributed by atoms with E-state index in [2.05, 4.69) is 5.32 Å². The molecule has 6 nitrogen and oxygen atoms in total. The first-order valence-electron chi connectivity index (χ1n) is 7.26. The fourth-order valence-electron chi connectivity index (χ4n) is 2.82. The molecule has 3 rings (SSSR count). The van der Waals surface area contributed by atoms with Crippen molar-refractivity contribution in [3.8, 4) is 0 Å². The number of benzene rings is 1. The highest BCUT2D eigenvalue weighted by molar-refractivity contribution is 8.00. The molecule has 1 fully saturated rings. The Morgan fingerprint density at radius 2 is 2.04 bits per heavy atom. The van der Waals surface area contributed by atoms with Crippen LogP contribution in [0.25, 0.3) is 0 Å². The van der Waals surface area contributed by atoms with Crippen molar-refractivity contribution in [1.82, 2.24) is 10.2 Å². The van der Waals surface area contributed by atoms with Crippen molar-refractivity contribution in [2.24, 2.45) is 5.73 Å². The Balaban J connectivity index is 1.67. The molecule has 1 saturated heterocycles. The van der Waals surface area contributed by atoms with Crippen LogP contribution in [0.4, 0.5) is 0 Å². The average Bonchev–Trinajstić information content (AvgIpc) is 2.53. The van der Waals surface area contributed by atoms with Crippen molar-refractivity contribution >= 4 is 29.5 Å². The van der Waals surface area contributed by atoms with Gasteiger partial charge in [-0.2, -0.15) is 0 Å². The first-order chi connectivity index (χ1) is 11.0. The number of nitrogens with one attached hydrogen (secondary N) is 1. The molecule has 23 heavy (non-hydrogen) atoms. The fraction of sp³-hybridized carbons (Fsp3) is 0.312. The zero-order valence-electron chi connectivity index (χ0n) is 12.6. The van der Waals surface area contributed by atoms with E-state index < -0.39 is 11.9 Å². The lowest BCUT2D eigenvalue weighted by molar-refractivity contribution is -0.147. The Hall–Kier alpha value is -2.28. The maximum Gasteiger partial charge on any atom is 0.265 e. The van der Waals surface area contributed by atoms with E-state index in [4.69, 9.17) is 5.73 Å². The Kier molecular flexibility index (Phi) is 4.12. The van der Waals surface area contributed by atoms with Crippen LogP contribution >= 0.6 is 11.8 Å². The van der Waals surface area contributed by atoms with E-state index in [0.717, 1.165) is 11.1 Å². The molecule has 3 N–H and O–H groups in total. The van der Waals surface area contributed by atoms with Gasteiger partial charge in [0.25, 0.3) is 11.8 Å². The van der Waals surface area contributed by atoms with Crippen molar-refractivity contribution in [3.63, 3.8) is 0 Å². The predicted molar refractivity (Wildman–Crippen MR) is 87.1 cm³/mol. The third-order valence-electron chi connectivity index (χ3n) is 3.92. The monoisotopic (exact) mass is 331 g/mol. The molecule has 1 unspecified atom stereocenters. The Bertz CT molecular complexity index is 702. The van der Waals surface area contributed by atoms with Crippen molar-refractivity contribution in [1.29, 1.82) is 0 Å². The average molecular weight is 331 g/mol. The minimum Gasteiger partial charge on any atom is -0.364 e. The highest BCUT2D eigenvalue weighted by Gasteiger charge is 2.53. The van der Waals surface area contributed by atoms with Crippen LogP contribution in [0.3, 0.4) is 0 Å². The Morgan fingerprint density at radius 3 is 2.70 bits per heavy atom. The van der Waals surface area contributed by atoms with Crippen LogP contribution in [0.15, 0.2) is 41.6 Å². The van der Waals surface area contributed by atoms with Crippen LogP contribution in [0.2, 0.25) is 0 Å². The number of β-lactam (4-membered cyclic amide) rings is 1. The van der Waals surface area contributed by atoms with Gasteiger partial charge in [-0.15, -0.1) is 11.8 Å². The van der Waals surface area contributed by atoms with Gasteiger partial charge < -0.3 is 11.1 Å². The molecule has 2 aliphatic heterocycles. The number of nitrogens with two attached hydrogens (primary N) is 1. The quantitative estimate of drug-likeness (QED) is 0.781. The van der Waals surface area contributed by atoms with Crippen molar-refractivity contribution in [3.05, 3.63) is 47.2 Å². The fourth-order valence-corrected chi connectivity index (χ4v) is 4.12. The maximum atomic E-state index is 12.3. The predicted octanol–water partition coefficient (Wildman–Crippen LogP) is 0.388. The summed E-state index contributed by atoms with van der Waals surface area (Å²) in [7, 11) is 0. The van der Waals surface area contributed by atoms with Crippen LogP contribution in [0.5, 0.6) is 0 Å². The second-order valence-electron chi connectivity index (χ2n) is 5.61. The first kappa shape index (κ1) is 15.6. The molecular weight excluding hydrogens is 314 g/mol. The SMILES string of the molecule is CC1=C(C(N)=O)N2C(=O)[C@@H](NC(=O)Cc3ccccc3)C2SC1. The maximum absolute atomic E-state index is 12.3. The number of carbonyl (C=O) groups is 3. The molecule has 2 atom stereocenters. The van der Waals surface area contributed by atoms with Gasteiger partial charge in [-0.3, -0.25) is 19.3 Å². The van der Waals surface area contributed by atoms with E-state index in [-0.39, 0.29) is 29.3 Å². The van der Waals surface area contributed by atoms with Gasteiger partial charge in [-0.05, 0) is 18.1 Å². The molecule has 2 heterocycles. The number of primary amides is 1. The lowest BCUT2D eigenvalue weighted by atomic mass is 10.0. The number of carbonyl (C=O) groups excluding carboxylic acids is 3. The lowest BCUT2D eigenvalue weighted by Gasteiger charge is -2.49. The highest BCUT2D eigenvalue weighted by atomic mass is 32.2. The van der Waals surface area contributed by atoms with Gasteiger partial charge in [0.15, 0.2) is 0 Å². The molecule has 0 spiro atoms. The lowest BCUT2D eigenvalue weighted by Crippen LogP contribution is -2.70. The van der Waals surface area contributed by atoms with Gasteiger partial charge in [0.2, 0.25) is 5.91 Å². The van der Waals surface area contributed by atoms with Crippen LogP contribution in [-0.4, -0.2) is 39.8 Å². The summed E-state index contributed by atoms with van der Waals surface area (Å²) in [6.07, 6.45) is 0.222. The second-order valence-corrected chi connectivity index (χ2v) is 6.72. The molecule has 0 bridgehead atoms. The summed E-state index contributed by atoms with van der Waals surface area (Å²) in [6.45, 7) is 1.79. The van der Waals surface area contributed by atoms with E-state index in [0.29, 0.717) is 5.75 Å². The summed E-state index contributed by atoms with van der Waals surface area (Å²) in [6, 6.07) is 8.74. The molecule has 2 aliphatic rings. The third kappa shape index (κ3) is 2.84. The Morgan fingerprint density at radius 1 is 1.35 bits per heavy atom. The smallest absolute Gasteiger partial charge is 0.265 e. The summed E-state index contributed by atoms with van der Waals surface area (Å²) in [4.78, 5) is 37.4. The molecule has 0 saturated carbocycles. The minimum atomic E-state index is -0.602. The number of rotatable bonds is 4. The van der Waals surface area contributed by atoms with Crippen LogP contribution in [0.1, 0.15) is 12.5 Å². The van der Waals surface area contributed by atoms with Gasteiger partial charge in [-0.1, -0.05) is 30.3 Å². The molecule has 0 aliphatic carbocycles. The van der Waals surface area contributed by atoms with Crippen molar-refractivity contribution < 1.29 is 14.4 Å². The van der Waals surface area contributed by atoms with Crippen LogP contribution < -0.4 is 11.1 Å². The third-order valence-corrected chi connectivity index (χ3v) is 5.34. The molecule has 0 radical (unpaired) electrons. The molecule has 0 aromatic heterocycles. The van der Waals surface area contributed by atoms with E-state index in [9.17, 15) is 14.4 Å². The number of amides is 3. The minimum absolute atomic E-state index is 0.207. The topological polar surface area (TPSA) is 92.5 Å². The van der Waals surface area contributed by atoms with Crippen molar-refractivity contribution in [2.45, 2.75) is 24.8 Å². The summed E-state index contributed by atoms with van der Waals surface area (Å²) < 4.78 is 0. The van der Waals surface area contributed by atoms with E-state index in [1.807, 2.05) is 30.3 Å².